The van der Waals surface area contributed by atoms with E-state index >= 15 is 0 Å². The van der Waals surface area contributed by atoms with E-state index in [1.54, 1.807) is 24.3 Å². The number of unbranched alkanes of at least 4 members (excludes halogenated alkanes) is 5. The lowest BCUT2D eigenvalue weighted by molar-refractivity contribution is 0.0734. The standard InChI is InChI=1S/C30H35ClO3/c1-3-5-7-8-10-24-13-16-26(22-29(24)31)23-11-14-25(15-12-23)30(32)34-28-19-17-27(18-20-28)33-21-9-6-4-2/h11-20,22H,3-10,21H2,1-2H3. The molecule has 0 atom stereocenters. The molecule has 4 heteroatoms. The summed E-state index contributed by atoms with van der Waals surface area (Å²) in [6.45, 7) is 5.08. The number of aryl methyl sites for hydroxylation is 1. The van der Waals surface area contributed by atoms with Gasteiger partial charge in [-0.15, -0.1) is 0 Å². The van der Waals surface area contributed by atoms with Gasteiger partial charge < -0.3 is 9.47 Å². The van der Waals surface area contributed by atoms with Crippen LogP contribution in [0.2, 0.25) is 5.02 Å². The maximum Gasteiger partial charge on any atom is 0.343 e. The quantitative estimate of drug-likeness (QED) is 0.140. The minimum absolute atomic E-state index is 0.386. The van der Waals surface area contributed by atoms with E-state index in [0.717, 1.165) is 41.2 Å². The molecule has 3 aromatic rings. The number of carbonyl (C=O) groups excluding carboxylic acids is 1. The van der Waals surface area contributed by atoms with Crippen molar-refractivity contribution in [3.63, 3.8) is 0 Å². The fourth-order valence-corrected chi connectivity index (χ4v) is 4.06. The molecule has 3 rings (SSSR count). The Morgan fingerprint density at radius 1 is 0.735 bits per heavy atom. The van der Waals surface area contributed by atoms with Crippen molar-refractivity contribution in [2.24, 2.45) is 0 Å². The molecule has 0 aliphatic carbocycles. The van der Waals surface area contributed by atoms with E-state index in [4.69, 9.17) is 21.1 Å². The van der Waals surface area contributed by atoms with Gasteiger partial charge in [0.05, 0.1) is 12.2 Å². The van der Waals surface area contributed by atoms with Crippen LogP contribution >= 0.6 is 11.6 Å². The van der Waals surface area contributed by atoms with E-state index in [0.29, 0.717) is 17.9 Å². The summed E-state index contributed by atoms with van der Waals surface area (Å²) in [7, 11) is 0. The topological polar surface area (TPSA) is 35.5 Å². The van der Waals surface area contributed by atoms with Crippen LogP contribution < -0.4 is 9.47 Å². The lowest BCUT2D eigenvalue weighted by Crippen LogP contribution is -2.08. The summed E-state index contributed by atoms with van der Waals surface area (Å²) < 4.78 is 11.2. The molecule has 0 amide bonds. The molecule has 0 aromatic heterocycles. The van der Waals surface area contributed by atoms with Gasteiger partial charge in [-0.1, -0.05) is 81.8 Å². The highest BCUT2D eigenvalue weighted by atomic mass is 35.5. The Morgan fingerprint density at radius 2 is 1.38 bits per heavy atom. The van der Waals surface area contributed by atoms with E-state index in [2.05, 4.69) is 26.0 Å². The molecule has 0 saturated carbocycles. The van der Waals surface area contributed by atoms with Crippen molar-refractivity contribution in [3.05, 3.63) is 82.9 Å². The Kier molecular flexibility index (Phi) is 10.5. The summed E-state index contributed by atoms with van der Waals surface area (Å²) in [5, 5.41) is 0.801. The summed E-state index contributed by atoms with van der Waals surface area (Å²) in [4.78, 5) is 12.6. The number of halogens is 1. The smallest absolute Gasteiger partial charge is 0.343 e. The molecular formula is C30H35ClO3. The van der Waals surface area contributed by atoms with Crippen LogP contribution in [-0.4, -0.2) is 12.6 Å². The molecule has 0 aliphatic heterocycles. The predicted octanol–water partition coefficient (Wildman–Crippen LogP) is 8.92. The van der Waals surface area contributed by atoms with Crippen LogP contribution in [0.5, 0.6) is 11.5 Å². The third kappa shape index (κ3) is 7.92. The van der Waals surface area contributed by atoms with Crippen LogP contribution in [0.25, 0.3) is 11.1 Å². The molecule has 34 heavy (non-hydrogen) atoms. The SMILES string of the molecule is CCCCCCc1ccc(-c2ccc(C(=O)Oc3ccc(OCCCCC)cc3)cc2)cc1Cl. The monoisotopic (exact) mass is 478 g/mol. The minimum atomic E-state index is -0.386. The third-order valence-corrected chi connectivity index (χ3v) is 6.21. The average molecular weight is 479 g/mol. The maximum atomic E-state index is 12.6. The fraction of sp³-hybridized carbons (Fsp3) is 0.367. The zero-order valence-electron chi connectivity index (χ0n) is 20.3. The third-order valence-electron chi connectivity index (χ3n) is 5.86. The Labute approximate surface area is 209 Å². The number of ether oxygens (including phenoxy) is 2. The number of hydrogen-bond donors (Lipinski definition) is 0. The highest BCUT2D eigenvalue weighted by molar-refractivity contribution is 6.31. The molecule has 0 N–H and O–H groups in total. The molecule has 180 valence electrons. The Balaban J connectivity index is 1.55. The van der Waals surface area contributed by atoms with Crippen molar-refractivity contribution in [1.29, 1.82) is 0 Å². The maximum absolute atomic E-state index is 12.6. The van der Waals surface area contributed by atoms with E-state index in [1.165, 1.54) is 37.7 Å². The summed E-state index contributed by atoms with van der Waals surface area (Å²) >= 11 is 6.53. The first kappa shape index (κ1) is 25.8. The Hall–Kier alpha value is -2.78. The van der Waals surface area contributed by atoms with E-state index in [-0.39, 0.29) is 5.97 Å². The fourth-order valence-electron chi connectivity index (χ4n) is 3.78. The molecule has 0 fully saturated rings. The van der Waals surface area contributed by atoms with Crippen molar-refractivity contribution in [3.8, 4) is 22.6 Å². The lowest BCUT2D eigenvalue weighted by atomic mass is 10.00. The Morgan fingerprint density at radius 3 is 2.06 bits per heavy atom. The van der Waals surface area contributed by atoms with Gasteiger partial charge in [0.2, 0.25) is 0 Å². The largest absolute Gasteiger partial charge is 0.494 e. The molecular weight excluding hydrogens is 444 g/mol. The average Bonchev–Trinajstić information content (AvgIpc) is 2.86. The van der Waals surface area contributed by atoms with Crippen LogP contribution in [0.3, 0.4) is 0 Å². The lowest BCUT2D eigenvalue weighted by Gasteiger charge is -2.09. The normalized spacial score (nSPS) is 10.8. The van der Waals surface area contributed by atoms with Crippen LogP contribution in [-0.2, 0) is 6.42 Å². The summed E-state index contributed by atoms with van der Waals surface area (Å²) in [6, 6.07) is 20.8. The van der Waals surface area contributed by atoms with Gasteiger partial charge in [-0.2, -0.15) is 0 Å². The van der Waals surface area contributed by atoms with Gasteiger partial charge in [-0.05, 0) is 78.4 Å². The van der Waals surface area contributed by atoms with Crippen molar-refractivity contribution in [2.45, 2.75) is 65.2 Å². The summed E-state index contributed by atoms with van der Waals surface area (Å²) in [5.74, 6) is 0.894. The number of esters is 1. The van der Waals surface area contributed by atoms with Gasteiger partial charge in [0, 0.05) is 5.02 Å². The van der Waals surface area contributed by atoms with Crippen molar-refractivity contribution < 1.29 is 14.3 Å². The second-order valence-corrected chi connectivity index (χ2v) is 9.02. The summed E-state index contributed by atoms with van der Waals surface area (Å²) in [6.07, 6.45) is 9.28. The molecule has 3 nitrogen and oxygen atoms in total. The minimum Gasteiger partial charge on any atom is -0.494 e. The van der Waals surface area contributed by atoms with Gasteiger partial charge in [-0.3, -0.25) is 0 Å². The highest BCUT2D eigenvalue weighted by Gasteiger charge is 2.10. The zero-order chi connectivity index (χ0) is 24.2. The van der Waals surface area contributed by atoms with Gasteiger partial charge in [0.1, 0.15) is 11.5 Å². The molecule has 0 bridgehead atoms. The first-order valence-corrected chi connectivity index (χ1v) is 12.8. The van der Waals surface area contributed by atoms with E-state index in [1.807, 2.05) is 30.3 Å². The predicted molar refractivity (Wildman–Crippen MR) is 141 cm³/mol. The van der Waals surface area contributed by atoms with Crippen molar-refractivity contribution in [1.82, 2.24) is 0 Å². The van der Waals surface area contributed by atoms with Gasteiger partial charge in [0.15, 0.2) is 0 Å². The number of hydrogen-bond acceptors (Lipinski definition) is 3. The number of rotatable bonds is 13. The molecule has 0 heterocycles. The van der Waals surface area contributed by atoms with Gasteiger partial charge in [-0.25, -0.2) is 4.79 Å². The molecule has 0 aliphatic rings. The molecule has 3 aromatic carbocycles. The molecule has 0 saturated heterocycles. The van der Waals surface area contributed by atoms with Crippen molar-refractivity contribution >= 4 is 17.6 Å². The van der Waals surface area contributed by atoms with Crippen LogP contribution in [0, 0.1) is 0 Å². The number of carbonyl (C=O) groups is 1. The zero-order valence-corrected chi connectivity index (χ0v) is 21.1. The first-order chi connectivity index (χ1) is 16.6. The van der Waals surface area contributed by atoms with Crippen LogP contribution in [0.15, 0.2) is 66.7 Å². The van der Waals surface area contributed by atoms with E-state index in [9.17, 15) is 4.79 Å². The number of benzene rings is 3. The van der Waals surface area contributed by atoms with Crippen LogP contribution in [0.4, 0.5) is 0 Å². The van der Waals surface area contributed by atoms with Crippen LogP contribution in [0.1, 0.15) is 74.7 Å². The second-order valence-electron chi connectivity index (χ2n) is 8.61. The summed E-state index contributed by atoms with van der Waals surface area (Å²) in [5.41, 5.74) is 3.75. The Bertz CT molecular complexity index is 1030. The second kappa shape index (κ2) is 13.8. The molecule has 0 spiro atoms. The van der Waals surface area contributed by atoms with E-state index < -0.39 is 0 Å². The first-order valence-electron chi connectivity index (χ1n) is 12.4. The molecule has 0 unspecified atom stereocenters. The van der Waals surface area contributed by atoms with Crippen molar-refractivity contribution in [2.75, 3.05) is 6.61 Å². The van der Waals surface area contributed by atoms with Gasteiger partial charge >= 0.3 is 5.97 Å². The van der Waals surface area contributed by atoms with Gasteiger partial charge in [0.25, 0.3) is 0 Å². The molecule has 0 radical (unpaired) electrons. The highest BCUT2D eigenvalue weighted by Crippen LogP contribution is 2.27.